The molecular formula is C27H27N3O4S. The monoisotopic (exact) mass is 489 g/mol. The minimum atomic E-state index is -0.472. The van der Waals surface area contributed by atoms with Crippen LogP contribution in [0.25, 0.3) is 11.0 Å². The van der Waals surface area contributed by atoms with Gasteiger partial charge in [0.2, 0.25) is 0 Å². The summed E-state index contributed by atoms with van der Waals surface area (Å²) < 4.78 is 12.5. The number of nitrogens with zero attached hydrogens (tertiary/aromatic N) is 2. The van der Waals surface area contributed by atoms with Gasteiger partial charge < -0.3 is 19.4 Å². The lowest BCUT2D eigenvalue weighted by molar-refractivity contribution is -0.145. The molecule has 8 heteroatoms. The molecule has 0 saturated heterocycles. The van der Waals surface area contributed by atoms with Crippen LogP contribution in [-0.2, 0) is 27.4 Å². The molecule has 0 aliphatic heterocycles. The number of aromatic nitrogens is 2. The Labute approximate surface area is 208 Å². The van der Waals surface area contributed by atoms with Crippen LogP contribution in [0.3, 0.4) is 0 Å². The second-order valence-corrected chi connectivity index (χ2v) is 8.98. The Bertz CT molecular complexity index is 1340. The predicted molar refractivity (Wildman–Crippen MR) is 137 cm³/mol. The number of imidazole rings is 1. The van der Waals surface area contributed by atoms with E-state index in [1.807, 2.05) is 54.6 Å². The number of methoxy groups -OCH3 is 1. The van der Waals surface area contributed by atoms with Crippen molar-refractivity contribution >= 4 is 34.7 Å². The highest BCUT2D eigenvalue weighted by molar-refractivity contribution is 7.99. The zero-order chi connectivity index (χ0) is 24.6. The quantitative estimate of drug-likeness (QED) is 0.263. The lowest BCUT2D eigenvalue weighted by Crippen LogP contribution is -2.28. The minimum absolute atomic E-state index is 0.0559. The fourth-order valence-electron chi connectivity index (χ4n) is 3.65. The zero-order valence-corrected chi connectivity index (χ0v) is 20.5. The lowest BCUT2D eigenvalue weighted by atomic mass is 10.1. The molecule has 0 aliphatic rings. The fraction of sp³-hybridized carbons (Fsp3) is 0.222. The zero-order valence-electron chi connectivity index (χ0n) is 19.7. The highest BCUT2D eigenvalue weighted by Gasteiger charge is 2.15. The number of carbonyl (C=O) groups is 2. The molecule has 4 aromatic rings. The van der Waals surface area contributed by atoms with Crippen LogP contribution in [0, 0.1) is 6.92 Å². The Morgan fingerprint density at radius 3 is 2.63 bits per heavy atom. The minimum Gasteiger partial charge on any atom is -0.497 e. The normalized spacial score (nSPS) is 10.8. The van der Waals surface area contributed by atoms with Gasteiger partial charge in [0.15, 0.2) is 11.8 Å². The Hall–Kier alpha value is -3.78. The summed E-state index contributed by atoms with van der Waals surface area (Å²) in [6.45, 7) is 2.70. The number of aryl methyl sites for hydroxylation is 1. The molecule has 0 spiro atoms. The van der Waals surface area contributed by atoms with E-state index < -0.39 is 5.97 Å². The van der Waals surface area contributed by atoms with E-state index in [2.05, 4.69) is 35.0 Å². The maximum atomic E-state index is 12.3. The largest absolute Gasteiger partial charge is 0.497 e. The van der Waals surface area contributed by atoms with E-state index in [0.717, 1.165) is 27.3 Å². The van der Waals surface area contributed by atoms with Crippen molar-refractivity contribution in [3.63, 3.8) is 0 Å². The SMILES string of the molecule is COc1cccc(CNC(=O)COC(=O)CSc2nc3ccccc3n2Cc2cccc(C)c2)c1. The van der Waals surface area contributed by atoms with Crippen molar-refractivity contribution in [1.29, 1.82) is 0 Å². The van der Waals surface area contributed by atoms with Crippen molar-refractivity contribution in [1.82, 2.24) is 14.9 Å². The topological polar surface area (TPSA) is 82.4 Å². The molecule has 0 radical (unpaired) electrons. The van der Waals surface area contributed by atoms with Gasteiger partial charge in [0.1, 0.15) is 5.75 Å². The number of nitrogens with one attached hydrogen (secondary N) is 1. The lowest BCUT2D eigenvalue weighted by Gasteiger charge is -2.10. The molecule has 1 heterocycles. The summed E-state index contributed by atoms with van der Waals surface area (Å²) in [7, 11) is 1.59. The molecular weight excluding hydrogens is 462 g/mol. The third-order valence-electron chi connectivity index (χ3n) is 5.35. The van der Waals surface area contributed by atoms with Crippen molar-refractivity contribution in [3.8, 4) is 5.75 Å². The van der Waals surface area contributed by atoms with Crippen molar-refractivity contribution in [3.05, 3.63) is 89.5 Å². The molecule has 0 aliphatic carbocycles. The van der Waals surface area contributed by atoms with Crippen LogP contribution in [0.4, 0.5) is 0 Å². The molecule has 1 aromatic heterocycles. The van der Waals surface area contributed by atoms with Gasteiger partial charge in [-0.15, -0.1) is 0 Å². The van der Waals surface area contributed by atoms with Crippen molar-refractivity contribution in [2.45, 2.75) is 25.2 Å². The molecule has 0 bridgehead atoms. The average molecular weight is 490 g/mol. The second kappa shape index (κ2) is 11.6. The summed E-state index contributed by atoms with van der Waals surface area (Å²) in [4.78, 5) is 29.1. The van der Waals surface area contributed by atoms with Crippen LogP contribution < -0.4 is 10.1 Å². The van der Waals surface area contributed by atoms with Crippen molar-refractivity contribution in [2.24, 2.45) is 0 Å². The van der Waals surface area contributed by atoms with E-state index in [1.54, 1.807) is 7.11 Å². The number of hydrogen-bond donors (Lipinski definition) is 1. The molecule has 35 heavy (non-hydrogen) atoms. The standard InChI is InChI=1S/C27H27N3O4S/c1-19-7-5-9-21(13-19)16-30-24-12-4-3-11-23(24)29-27(30)35-18-26(32)34-17-25(31)28-15-20-8-6-10-22(14-20)33-2/h3-14H,15-18H2,1-2H3,(H,28,31). The summed E-state index contributed by atoms with van der Waals surface area (Å²) in [5.74, 6) is -0.0625. The molecule has 1 N–H and O–H groups in total. The van der Waals surface area contributed by atoms with Crippen molar-refractivity contribution < 1.29 is 19.1 Å². The van der Waals surface area contributed by atoms with Gasteiger partial charge in [-0.05, 0) is 42.3 Å². The number of carbonyl (C=O) groups excluding carboxylic acids is 2. The predicted octanol–water partition coefficient (Wildman–Crippen LogP) is 4.35. The molecule has 0 fully saturated rings. The first-order chi connectivity index (χ1) is 17.0. The molecule has 0 saturated carbocycles. The number of benzene rings is 3. The number of ether oxygens (including phenoxy) is 2. The van der Waals surface area contributed by atoms with E-state index in [0.29, 0.717) is 18.8 Å². The van der Waals surface area contributed by atoms with Gasteiger partial charge in [-0.2, -0.15) is 0 Å². The third-order valence-corrected chi connectivity index (χ3v) is 6.30. The molecule has 7 nitrogen and oxygen atoms in total. The van der Waals surface area contributed by atoms with Crippen LogP contribution in [0.5, 0.6) is 5.75 Å². The van der Waals surface area contributed by atoms with E-state index >= 15 is 0 Å². The van der Waals surface area contributed by atoms with Crippen LogP contribution in [0.1, 0.15) is 16.7 Å². The number of rotatable bonds is 10. The van der Waals surface area contributed by atoms with Gasteiger partial charge in [-0.25, -0.2) is 4.98 Å². The molecule has 0 atom stereocenters. The summed E-state index contributed by atoms with van der Waals surface area (Å²) in [6.07, 6.45) is 0. The maximum absolute atomic E-state index is 12.3. The molecule has 4 rings (SSSR count). The summed E-state index contributed by atoms with van der Waals surface area (Å²) in [5, 5.41) is 3.47. The first kappa shape index (κ1) is 24.3. The van der Waals surface area contributed by atoms with Crippen LogP contribution in [0.15, 0.2) is 78.0 Å². The van der Waals surface area contributed by atoms with Crippen LogP contribution in [-0.4, -0.2) is 40.9 Å². The number of hydrogen-bond acceptors (Lipinski definition) is 6. The number of fused-ring (bicyclic) bond motifs is 1. The fourth-order valence-corrected chi connectivity index (χ4v) is 4.47. The van der Waals surface area contributed by atoms with E-state index in [-0.39, 0.29) is 18.3 Å². The summed E-state index contributed by atoms with van der Waals surface area (Å²) in [5.41, 5.74) is 5.11. The Kier molecular flexibility index (Phi) is 8.05. The van der Waals surface area contributed by atoms with Gasteiger partial charge in [0, 0.05) is 6.54 Å². The first-order valence-corrected chi connectivity index (χ1v) is 12.2. The van der Waals surface area contributed by atoms with Crippen molar-refractivity contribution in [2.75, 3.05) is 19.5 Å². The maximum Gasteiger partial charge on any atom is 0.316 e. The van der Waals surface area contributed by atoms with E-state index in [4.69, 9.17) is 14.5 Å². The van der Waals surface area contributed by atoms with E-state index in [9.17, 15) is 9.59 Å². The molecule has 3 aromatic carbocycles. The van der Waals surface area contributed by atoms with Crippen LogP contribution in [0.2, 0.25) is 0 Å². The van der Waals surface area contributed by atoms with Gasteiger partial charge in [0.05, 0.1) is 30.4 Å². The van der Waals surface area contributed by atoms with Crippen LogP contribution >= 0.6 is 11.8 Å². The summed E-state index contributed by atoms with van der Waals surface area (Å²) in [6, 6.07) is 23.6. The highest BCUT2D eigenvalue weighted by Crippen LogP contribution is 2.25. The van der Waals surface area contributed by atoms with Gasteiger partial charge in [-0.1, -0.05) is 65.9 Å². The number of esters is 1. The number of para-hydroxylation sites is 2. The summed E-state index contributed by atoms with van der Waals surface area (Å²) >= 11 is 1.30. The average Bonchev–Trinajstić information content (AvgIpc) is 3.22. The second-order valence-electron chi connectivity index (χ2n) is 8.04. The smallest absolute Gasteiger partial charge is 0.316 e. The van der Waals surface area contributed by atoms with Gasteiger partial charge in [0.25, 0.3) is 5.91 Å². The van der Waals surface area contributed by atoms with Gasteiger partial charge in [-0.3, -0.25) is 9.59 Å². The number of amides is 1. The first-order valence-electron chi connectivity index (χ1n) is 11.2. The highest BCUT2D eigenvalue weighted by atomic mass is 32.2. The van der Waals surface area contributed by atoms with Gasteiger partial charge >= 0.3 is 5.97 Å². The third kappa shape index (κ3) is 6.64. The molecule has 0 unspecified atom stereocenters. The Morgan fingerprint density at radius 2 is 1.80 bits per heavy atom. The van der Waals surface area contributed by atoms with E-state index in [1.165, 1.54) is 17.3 Å². The Balaban J connectivity index is 1.32. The molecule has 1 amide bonds. The number of thioether (sulfide) groups is 1. The Morgan fingerprint density at radius 1 is 1.00 bits per heavy atom. The molecule has 180 valence electrons.